The number of nitrogens with one attached hydrogen (secondary N) is 1. The summed E-state index contributed by atoms with van der Waals surface area (Å²) in [4.78, 5) is 32.5. The number of hydrogen-bond acceptors (Lipinski definition) is 3. The van der Waals surface area contributed by atoms with Gasteiger partial charge in [0.1, 0.15) is 0 Å². The fourth-order valence-corrected chi connectivity index (χ4v) is 4.46. The lowest BCUT2D eigenvalue weighted by atomic mass is 10.0. The number of anilines is 1. The Kier molecular flexibility index (Phi) is 3.81. The zero-order valence-electron chi connectivity index (χ0n) is 14.6. The van der Waals surface area contributed by atoms with Gasteiger partial charge in [-0.05, 0) is 23.8 Å². The van der Waals surface area contributed by atoms with Crippen molar-refractivity contribution in [3.05, 3.63) is 64.8 Å². The van der Waals surface area contributed by atoms with Crippen molar-refractivity contribution >= 4 is 40.0 Å². The molecule has 5 rings (SSSR count). The van der Waals surface area contributed by atoms with Crippen LogP contribution >= 0.6 is 11.6 Å². The minimum atomic E-state index is -0.435. The monoisotopic (exact) mass is 379 g/mol. The van der Waals surface area contributed by atoms with Crippen LogP contribution in [-0.2, 0) is 22.6 Å². The van der Waals surface area contributed by atoms with E-state index in [2.05, 4.69) is 22.0 Å². The van der Waals surface area contributed by atoms with E-state index in [1.807, 2.05) is 12.1 Å². The summed E-state index contributed by atoms with van der Waals surface area (Å²) in [7, 11) is 0. The number of carbonyl (C=O) groups is 2. The summed E-state index contributed by atoms with van der Waals surface area (Å²) in [5.74, 6) is -0.376. The number of H-pyrrole nitrogens is 1. The Balaban J connectivity index is 1.45. The van der Waals surface area contributed by atoms with Gasteiger partial charge in [0.05, 0.1) is 23.2 Å². The molecule has 3 heterocycles. The number of halogens is 1. The summed E-state index contributed by atoms with van der Waals surface area (Å²) in [6.07, 6.45) is 1.04. The number of aromatic nitrogens is 1. The lowest BCUT2D eigenvalue weighted by Gasteiger charge is -2.31. The molecular weight excluding hydrogens is 362 g/mol. The van der Waals surface area contributed by atoms with Crippen LogP contribution in [0.15, 0.2) is 48.5 Å². The molecule has 1 fully saturated rings. The van der Waals surface area contributed by atoms with E-state index in [4.69, 9.17) is 11.6 Å². The third-order valence-electron chi connectivity index (χ3n) is 5.57. The molecule has 0 saturated carbocycles. The number of aromatic amines is 1. The van der Waals surface area contributed by atoms with Crippen molar-refractivity contribution in [3.63, 3.8) is 0 Å². The van der Waals surface area contributed by atoms with E-state index in [1.54, 1.807) is 24.3 Å². The summed E-state index contributed by atoms with van der Waals surface area (Å²) in [5.41, 5.74) is 4.05. The van der Waals surface area contributed by atoms with Gasteiger partial charge in [-0.25, -0.2) is 4.90 Å². The van der Waals surface area contributed by atoms with Crippen molar-refractivity contribution in [1.29, 1.82) is 0 Å². The smallest absolute Gasteiger partial charge is 0.251 e. The van der Waals surface area contributed by atoms with E-state index in [0.717, 1.165) is 18.5 Å². The van der Waals surface area contributed by atoms with E-state index in [0.29, 0.717) is 17.3 Å². The minimum absolute atomic E-state index is 0.184. The molecule has 1 aromatic heterocycles. The van der Waals surface area contributed by atoms with Gasteiger partial charge in [0, 0.05) is 36.1 Å². The number of fused-ring (bicyclic) bond motifs is 3. The highest BCUT2D eigenvalue weighted by molar-refractivity contribution is 6.36. The lowest BCUT2D eigenvalue weighted by Crippen LogP contribution is -2.44. The van der Waals surface area contributed by atoms with Gasteiger partial charge in [-0.2, -0.15) is 0 Å². The highest BCUT2D eigenvalue weighted by Crippen LogP contribution is 2.34. The second-order valence-corrected chi connectivity index (χ2v) is 7.49. The fourth-order valence-electron chi connectivity index (χ4n) is 4.24. The van der Waals surface area contributed by atoms with E-state index in [1.165, 1.54) is 21.5 Å². The fraction of sp³-hybridized carbons (Fsp3) is 0.238. The SMILES string of the molecule is O=C1C[C@H](N2CCc3[nH]c4ccccc4c3C2)C(=O)N1c1ccccc1Cl. The van der Waals surface area contributed by atoms with Crippen molar-refractivity contribution in [3.8, 4) is 0 Å². The van der Waals surface area contributed by atoms with Crippen molar-refractivity contribution in [2.75, 3.05) is 11.4 Å². The Bertz CT molecular complexity index is 1070. The maximum atomic E-state index is 13.1. The van der Waals surface area contributed by atoms with E-state index < -0.39 is 6.04 Å². The summed E-state index contributed by atoms with van der Waals surface area (Å²) < 4.78 is 0. The van der Waals surface area contributed by atoms with Gasteiger partial charge in [0.15, 0.2) is 0 Å². The van der Waals surface area contributed by atoms with E-state index in [9.17, 15) is 9.59 Å². The zero-order chi connectivity index (χ0) is 18.5. The average Bonchev–Trinajstić information content (AvgIpc) is 3.19. The molecule has 0 radical (unpaired) electrons. The van der Waals surface area contributed by atoms with Gasteiger partial charge in [-0.3, -0.25) is 14.5 Å². The molecule has 2 aromatic carbocycles. The first-order valence-electron chi connectivity index (χ1n) is 9.07. The number of amides is 2. The predicted octanol–water partition coefficient (Wildman–Crippen LogP) is 3.51. The molecule has 0 spiro atoms. The van der Waals surface area contributed by atoms with Crippen molar-refractivity contribution in [2.24, 2.45) is 0 Å². The Morgan fingerprint density at radius 2 is 1.81 bits per heavy atom. The molecule has 0 aliphatic carbocycles. The van der Waals surface area contributed by atoms with E-state index >= 15 is 0 Å². The summed E-state index contributed by atoms with van der Waals surface area (Å²) in [6, 6.07) is 14.8. The number of rotatable bonds is 2. The molecule has 5 nitrogen and oxygen atoms in total. The molecule has 0 bridgehead atoms. The second-order valence-electron chi connectivity index (χ2n) is 7.09. The molecule has 1 N–H and O–H groups in total. The van der Waals surface area contributed by atoms with Crippen LogP contribution in [0.4, 0.5) is 5.69 Å². The highest BCUT2D eigenvalue weighted by Gasteiger charge is 2.44. The molecule has 2 amide bonds. The van der Waals surface area contributed by atoms with Gasteiger partial charge in [-0.1, -0.05) is 41.9 Å². The minimum Gasteiger partial charge on any atom is -0.358 e. The molecule has 2 aliphatic heterocycles. The van der Waals surface area contributed by atoms with Crippen molar-refractivity contribution in [2.45, 2.75) is 25.4 Å². The Morgan fingerprint density at radius 1 is 1.04 bits per heavy atom. The van der Waals surface area contributed by atoms with Crippen LogP contribution < -0.4 is 4.90 Å². The molecule has 136 valence electrons. The van der Waals surface area contributed by atoms with Gasteiger partial charge in [-0.15, -0.1) is 0 Å². The summed E-state index contributed by atoms with van der Waals surface area (Å²) in [6.45, 7) is 1.42. The third kappa shape index (κ3) is 2.58. The van der Waals surface area contributed by atoms with Gasteiger partial charge < -0.3 is 4.98 Å². The van der Waals surface area contributed by atoms with Crippen LogP contribution in [0.25, 0.3) is 10.9 Å². The molecule has 1 atom stereocenters. The van der Waals surface area contributed by atoms with Crippen LogP contribution in [0.1, 0.15) is 17.7 Å². The van der Waals surface area contributed by atoms with Crippen LogP contribution in [0.2, 0.25) is 5.02 Å². The Hall–Kier alpha value is -2.63. The quantitative estimate of drug-likeness (QED) is 0.693. The first-order valence-corrected chi connectivity index (χ1v) is 9.45. The molecule has 3 aromatic rings. The number of nitrogens with zero attached hydrogens (tertiary/aromatic N) is 2. The van der Waals surface area contributed by atoms with Crippen molar-refractivity contribution in [1.82, 2.24) is 9.88 Å². The first-order chi connectivity index (χ1) is 13.1. The largest absolute Gasteiger partial charge is 0.358 e. The van der Waals surface area contributed by atoms with Crippen LogP contribution in [0, 0.1) is 0 Å². The Morgan fingerprint density at radius 3 is 2.67 bits per heavy atom. The van der Waals surface area contributed by atoms with E-state index in [-0.39, 0.29) is 18.2 Å². The second kappa shape index (κ2) is 6.22. The lowest BCUT2D eigenvalue weighted by molar-refractivity contribution is -0.123. The van der Waals surface area contributed by atoms with Gasteiger partial charge >= 0.3 is 0 Å². The van der Waals surface area contributed by atoms with Gasteiger partial charge in [0.2, 0.25) is 5.91 Å². The standard InChI is InChI=1S/C21H18ClN3O2/c22-15-6-2-4-8-18(15)25-20(26)11-19(21(25)27)24-10-9-17-14(12-24)13-5-1-3-7-16(13)23-17/h1-8,19,23H,9-12H2/t19-/m0/s1. The maximum Gasteiger partial charge on any atom is 0.251 e. The average molecular weight is 380 g/mol. The normalized spacial score (nSPS) is 20.5. The van der Waals surface area contributed by atoms with Crippen LogP contribution in [0.3, 0.4) is 0 Å². The van der Waals surface area contributed by atoms with Crippen molar-refractivity contribution < 1.29 is 9.59 Å². The first kappa shape index (κ1) is 16.5. The van der Waals surface area contributed by atoms with Crippen LogP contribution in [0.5, 0.6) is 0 Å². The summed E-state index contributed by atoms with van der Waals surface area (Å²) >= 11 is 6.22. The number of hydrogen-bond donors (Lipinski definition) is 1. The molecule has 0 unspecified atom stereocenters. The number of imide groups is 1. The topological polar surface area (TPSA) is 56.4 Å². The Labute approximate surface area is 161 Å². The molecule has 27 heavy (non-hydrogen) atoms. The highest BCUT2D eigenvalue weighted by atomic mass is 35.5. The van der Waals surface area contributed by atoms with Gasteiger partial charge in [0.25, 0.3) is 5.91 Å². The maximum absolute atomic E-state index is 13.1. The molecule has 6 heteroatoms. The number of benzene rings is 2. The zero-order valence-corrected chi connectivity index (χ0v) is 15.4. The number of para-hydroxylation sites is 2. The third-order valence-corrected chi connectivity index (χ3v) is 5.89. The van der Waals surface area contributed by atoms with Crippen LogP contribution in [-0.4, -0.2) is 34.3 Å². The predicted molar refractivity (Wildman–Crippen MR) is 105 cm³/mol. The molecule has 2 aliphatic rings. The summed E-state index contributed by atoms with van der Waals surface area (Å²) in [5, 5.41) is 1.61. The molecule has 1 saturated heterocycles. The molecular formula is C21H18ClN3O2. The number of carbonyl (C=O) groups excluding carboxylic acids is 2.